The van der Waals surface area contributed by atoms with Gasteiger partial charge in [-0.3, -0.25) is 4.79 Å². The van der Waals surface area contributed by atoms with Crippen molar-refractivity contribution < 1.29 is 17.9 Å². The van der Waals surface area contributed by atoms with Gasteiger partial charge < -0.3 is 10.1 Å². The van der Waals surface area contributed by atoms with Gasteiger partial charge in [-0.1, -0.05) is 11.6 Å². The largest absolute Gasteiger partial charge is 0.375 e. The van der Waals surface area contributed by atoms with Crippen molar-refractivity contribution in [1.82, 2.24) is 0 Å². The monoisotopic (exact) mass is 278 g/mol. The molecule has 0 saturated carbocycles. The number of hydrogen-bond donors (Lipinski definition) is 2. The predicted molar refractivity (Wildman–Crippen MR) is 63.3 cm³/mol. The minimum Gasteiger partial charge on any atom is -0.375 e. The minimum atomic E-state index is -3.80. The minimum absolute atomic E-state index is 0.0842. The third-order valence-corrected chi connectivity index (χ3v) is 3.04. The van der Waals surface area contributed by atoms with E-state index < -0.39 is 15.9 Å². The van der Waals surface area contributed by atoms with E-state index in [-0.39, 0.29) is 16.5 Å². The molecular weight excluding hydrogens is 268 g/mol. The molecular formula is C9H11ClN2O4S. The molecule has 0 spiro atoms. The van der Waals surface area contributed by atoms with Crippen molar-refractivity contribution in [2.45, 2.75) is 4.90 Å². The molecule has 0 fully saturated rings. The number of ether oxygens (including phenoxy) is 1. The molecule has 8 heteroatoms. The fourth-order valence-corrected chi connectivity index (χ4v) is 1.92. The fourth-order valence-electron chi connectivity index (χ4n) is 1.09. The third-order valence-electron chi connectivity index (χ3n) is 1.82. The highest BCUT2D eigenvalue weighted by Gasteiger charge is 2.11. The summed E-state index contributed by atoms with van der Waals surface area (Å²) in [7, 11) is -2.42. The first-order valence-electron chi connectivity index (χ1n) is 4.45. The Morgan fingerprint density at radius 1 is 1.53 bits per heavy atom. The number of hydrogen-bond acceptors (Lipinski definition) is 4. The van der Waals surface area contributed by atoms with E-state index in [9.17, 15) is 13.2 Å². The second-order valence-corrected chi connectivity index (χ2v) is 5.14. The van der Waals surface area contributed by atoms with E-state index >= 15 is 0 Å². The van der Waals surface area contributed by atoms with E-state index in [1.165, 1.54) is 25.3 Å². The molecule has 6 nitrogen and oxygen atoms in total. The van der Waals surface area contributed by atoms with Crippen molar-refractivity contribution >= 4 is 33.2 Å². The summed E-state index contributed by atoms with van der Waals surface area (Å²) in [4.78, 5) is 11.1. The molecule has 1 aromatic carbocycles. The fraction of sp³-hybridized carbons (Fsp3) is 0.222. The number of carbonyl (C=O) groups excluding carboxylic acids is 1. The number of methoxy groups -OCH3 is 1. The van der Waals surface area contributed by atoms with E-state index in [1.807, 2.05) is 0 Å². The third kappa shape index (κ3) is 3.97. The molecule has 0 aromatic heterocycles. The van der Waals surface area contributed by atoms with Crippen LogP contribution in [0.4, 0.5) is 5.69 Å². The van der Waals surface area contributed by atoms with Crippen LogP contribution in [-0.2, 0) is 19.6 Å². The smallest absolute Gasteiger partial charge is 0.250 e. The zero-order valence-electron chi connectivity index (χ0n) is 8.94. The summed E-state index contributed by atoms with van der Waals surface area (Å²) in [6, 6.07) is 3.78. The van der Waals surface area contributed by atoms with Crippen molar-refractivity contribution in [2.75, 3.05) is 19.0 Å². The van der Waals surface area contributed by atoms with Crippen LogP contribution in [0.2, 0.25) is 5.02 Å². The van der Waals surface area contributed by atoms with E-state index in [4.69, 9.17) is 16.7 Å². The number of rotatable bonds is 4. The van der Waals surface area contributed by atoms with E-state index in [0.29, 0.717) is 5.69 Å². The SMILES string of the molecule is COCC(=O)Nc1ccc(S(N)(=O)=O)cc1Cl. The summed E-state index contributed by atoms with van der Waals surface area (Å²) in [5.41, 5.74) is 0.293. The number of sulfonamides is 1. The van der Waals surface area contributed by atoms with E-state index in [1.54, 1.807) is 0 Å². The van der Waals surface area contributed by atoms with Crippen LogP contribution in [0.25, 0.3) is 0 Å². The summed E-state index contributed by atoms with van der Waals surface area (Å²) in [5.74, 6) is -0.391. The number of benzene rings is 1. The Labute approximate surface area is 104 Å². The highest BCUT2D eigenvalue weighted by Crippen LogP contribution is 2.24. The van der Waals surface area contributed by atoms with Gasteiger partial charge in [0, 0.05) is 7.11 Å². The quantitative estimate of drug-likeness (QED) is 0.841. The van der Waals surface area contributed by atoms with Gasteiger partial charge in [-0.25, -0.2) is 13.6 Å². The molecule has 1 aromatic rings. The van der Waals surface area contributed by atoms with Crippen molar-refractivity contribution in [3.63, 3.8) is 0 Å². The first kappa shape index (κ1) is 13.9. The van der Waals surface area contributed by atoms with Gasteiger partial charge in [0.15, 0.2) is 0 Å². The normalized spacial score (nSPS) is 11.2. The van der Waals surface area contributed by atoms with Gasteiger partial charge in [-0.05, 0) is 18.2 Å². The van der Waals surface area contributed by atoms with Crippen LogP contribution in [0.3, 0.4) is 0 Å². The molecule has 0 aliphatic rings. The van der Waals surface area contributed by atoms with Gasteiger partial charge in [0.25, 0.3) is 0 Å². The lowest BCUT2D eigenvalue weighted by atomic mass is 10.3. The molecule has 0 heterocycles. The standard InChI is InChI=1S/C9H11ClN2O4S/c1-16-5-9(13)12-8-3-2-6(4-7(8)10)17(11,14)15/h2-4H,5H2,1H3,(H,12,13)(H2,11,14,15). The first-order valence-corrected chi connectivity index (χ1v) is 6.38. The van der Waals surface area contributed by atoms with Gasteiger partial charge >= 0.3 is 0 Å². The van der Waals surface area contributed by atoms with Crippen molar-refractivity contribution in [3.8, 4) is 0 Å². The van der Waals surface area contributed by atoms with E-state index in [0.717, 1.165) is 0 Å². The number of nitrogens with two attached hydrogens (primary N) is 1. The zero-order valence-corrected chi connectivity index (χ0v) is 10.5. The molecule has 0 radical (unpaired) electrons. The van der Waals surface area contributed by atoms with Crippen LogP contribution < -0.4 is 10.5 Å². The Morgan fingerprint density at radius 3 is 2.65 bits per heavy atom. The predicted octanol–water partition coefficient (Wildman–Crippen LogP) is 0.572. The Hall–Kier alpha value is -1.15. The van der Waals surface area contributed by atoms with E-state index in [2.05, 4.69) is 10.1 Å². The van der Waals surface area contributed by atoms with Gasteiger partial charge in [-0.2, -0.15) is 0 Å². The van der Waals surface area contributed by atoms with Crippen molar-refractivity contribution in [3.05, 3.63) is 23.2 Å². The number of amides is 1. The lowest BCUT2D eigenvalue weighted by molar-refractivity contribution is -0.119. The molecule has 1 rings (SSSR count). The Kier molecular flexibility index (Phi) is 4.47. The molecule has 1 amide bonds. The number of anilines is 1. The van der Waals surface area contributed by atoms with Crippen LogP contribution >= 0.6 is 11.6 Å². The summed E-state index contributed by atoms with van der Waals surface area (Å²) < 4.78 is 26.7. The highest BCUT2D eigenvalue weighted by molar-refractivity contribution is 7.89. The molecule has 0 aliphatic carbocycles. The summed E-state index contributed by atoms with van der Waals surface area (Å²) >= 11 is 5.80. The molecule has 0 unspecified atom stereocenters. The first-order chi connectivity index (χ1) is 7.84. The maximum atomic E-state index is 11.2. The Balaban J connectivity index is 2.95. The Morgan fingerprint density at radius 2 is 2.18 bits per heavy atom. The van der Waals surface area contributed by atoms with Crippen LogP contribution in [0.1, 0.15) is 0 Å². The zero-order chi connectivity index (χ0) is 13.1. The number of carbonyl (C=O) groups is 1. The average molecular weight is 279 g/mol. The molecule has 17 heavy (non-hydrogen) atoms. The van der Waals surface area contributed by atoms with Crippen molar-refractivity contribution in [2.24, 2.45) is 5.14 Å². The Bertz CT molecular complexity index is 530. The van der Waals surface area contributed by atoms with Gasteiger partial charge in [0.2, 0.25) is 15.9 Å². The van der Waals surface area contributed by atoms with Crippen LogP contribution in [0.5, 0.6) is 0 Å². The van der Waals surface area contributed by atoms with Gasteiger partial charge in [-0.15, -0.1) is 0 Å². The van der Waals surface area contributed by atoms with Crippen LogP contribution in [-0.4, -0.2) is 28.0 Å². The van der Waals surface area contributed by atoms with Crippen LogP contribution in [0.15, 0.2) is 23.1 Å². The number of halogens is 1. The van der Waals surface area contributed by atoms with Crippen molar-refractivity contribution in [1.29, 1.82) is 0 Å². The molecule has 0 saturated heterocycles. The average Bonchev–Trinajstić information content (AvgIpc) is 2.20. The van der Waals surface area contributed by atoms with Gasteiger partial charge in [0.05, 0.1) is 15.6 Å². The van der Waals surface area contributed by atoms with Crippen LogP contribution in [0, 0.1) is 0 Å². The topological polar surface area (TPSA) is 98.5 Å². The second-order valence-electron chi connectivity index (χ2n) is 3.17. The lowest BCUT2D eigenvalue weighted by Crippen LogP contribution is -2.18. The maximum absolute atomic E-state index is 11.2. The molecule has 0 atom stereocenters. The second kappa shape index (κ2) is 5.46. The molecule has 0 aliphatic heterocycles. The summed E-state index contributed by atoms with van der Waals surface area (Å²) in [5, 5.41) is 7.47. The van der Waals surface area contributed by atoms with Gasteiger partial charge in [0.1, 0.15) is 6.61 Å². The summed E-state index contributed by atoms with van der Waals surface area (Å²) in [6.07, 6.45) is 0. The number of primary sulfonamides is 1. The lowest BCUT2D eigenvalue weighted by Gasteiger charge is -2.07. The summed E-state index contributed by atoms with van der Waals surface area (Å²) in [6.45, 7) is -0.118. The molecule has 3 N–H and O–H groups in total. The maximum Gasteiger partial charge on any atom is 0.250 e. The number of nitrogens with one attached hydrogen (secondary N) is 1. The molecule has 0 bridgehead atoms. The molecule has 94 valence electrons. The highest BCUT2D eigenvalue weighted by atomic mass is 35.5.